The SMILES string of the molecule is COc1ccc(CNNC(=O)[C@@]2(Cc3ccccc3)N=C(c3ccc(OCCCO)cc3)O[C@H]2c2ccc(-c3ccccc3)cc2)cc1. The number of nitrogens with zero attached hydrogens (tertiary/aromatic N) is 1. The van der Waals surface area contributed by atoms with Crippen molar-refractivity contribution in [2.45, 2.75) is 31.0 Å². The molecule has 8 nitrogen and oxygen atoms in total. The molecule has 0 unspecified atom stereocenters. The Kier molecular flexibility index (Phi) is 10.4. The number of aliphatic hydroxyl groups excluding tert-OH is 1. The molecule has 1 heterocycles. The average molecular weight is 642 g/mol. The molecule has 6 rings (SSSR count). The van der Waals surface area contributed by atoms with Crippen LogP contribution in [-0.2, 0) is 22.5 Å². The third-order valence-electron chi connectivity index (χ3n) is 8.32. The van der Waals surface area contributed by atoms with Crippen molar-refractivity contribution in [2.24, 2.45) is 4.99 Å². The van der Waals surface area contributed by atoms with Crippen LogP contribution in [-0.4, -0.2) is 42.8 Å². The molecule has 8 heteroatoms. The van der Waals surface area contributed by atoms with E-state index in [1.807, 2.05) is 109 Å². The van der Waals surface area contributed by atoms with Crippen LogP contribution in [0.15, 0.2) is 138 Å². The molecule has 0 bridgehead atoms. The quantitative estimate of drug-likeness (QED) is 0.0953. The van der Waals surface area contributed by atoms with Crippen LogP contribution in [0, 0.1) is 0 Å². The molecule has 0 saturated carbocycles. The lowest BCUT2D eigenvalue weighted by atomic mass is 9.82. The van der Waals surface area contributed by atoms with Crippen LogP contribution >= 0.6 is 0 Å². The highest BCUT2D eigenvalue weighted by molar-refractivity contribution is 6.01. The van der Waals surface area contributed by atoms with Crippen LogP contribution in [0.4, 0.5) is 0 Å². The van der Waals surface area contributed by atoms with Crippen LogP contribution in [0.3, 0.4) is 0 Å². The maximum atomic E-state index is 14.5. The molecule has 1 aliphatic rings. The summed E-state index contributed by atoms with van der Waals surface area (Å²) in [5.74, 6) is 1.50. The molecule has 0 spiro atoms. The molecule has 0 aliphatic carbocycles. The number of ether oxygens (including phenoxy) is 3. The minimum absolute atomic E-state index is 0.0664. The predicted molar refractivity (Wildman–Crippen MR) is 187 cm³/mol. The summed E-state index contributed by atoms with van der Waals surface area (Å²) in [7, 11) is 1.63. The van der Waals surface area contributed by atoms with Gasteiger partial charge in [0.15, 0.2) is 11.6 Å². The fourth-order valence-electron chi connectivity index (χ4n) is 5.75. The molecule has 3 N–H and O–H groups in total. The lowest BCUT2D eigenvalue weighted by Gasteiger charge is -2.31. The molecular weight excluding hydrogens is 602 g/mol. The Morgan fingerprint density at radius 3 is 2.06 bits per heavy atom. The molecular formula is C40H39N3O5. The van der Waals surface area contributed by atoms with Crippen molar-refractivity contribution in [1.82, 2.24) is 10.9 Å². The number of rotatable bonds is 14. The summed E-state index contributed by atoms with van der Waals surface area (Å²) >= 11 is 0. The van der Waals surface area contributed by atoms with Gasteiger partial charge in [0.25, 0.3) is 5.91 Å². The van der Waals surface area contributed by atoms with Gasteiger partial charge in [0.1, 0.15) is 11.5 Å². The lowest BCUT2D eigenvalue weighted by molar-refractivity contribution is -0.130. The van der Waals surface area contributed by atoms with Crippen LogP contribution in [0.2, 0.25) is 0 Å². The third-order valence-corrected chi connectivity index (χ3v) is 8.32. The lowest BCUT2D eigenvalue weighted by Crippen LogP contribution is -2.53. The molecule has 1 amide bonds. The van der Waals surface area contributed by atoms with Gasteiger partial charge in [0, 0.05) is 31.6 Å². The van der Waals surface area contributed by atoms with E-state index in [0.29, 0.717) is 37.6 Å². The highest BCUT2D eigenvalue weighted by atomic mass is 16.5. The number of hydrazine groups is 1. The van der Waals surface area contributed by atoms with Gasteiger partial charge in [0.05, 0.1) is 13.7 Å². The second-order valence-corrected chi connectivity index (χ2v) is 11.6. The zero-order valence-corrected chi connectivity index (χ0v) is 26.8. The molecule has 1 aliphatic heterocycles. The van der Waals surface area contributed by atoms with Gasteiger partial charge in [-0.15, -0.1) is 0 Å². The number of hydrogen-bond acceptors (Lipinski definition) is 7. The first kappa shape index (κ1) is 32.5. The number of aliphatic imine (C=N–C) groups is 1. The zero-order chi connectivity index (χ0) is 33.2. The smallest absolute Gasteiger partial charge is 0.266 e. The second-order valence-electron chi connectivity index (χ2n) is 11.6. The van der Waals surface area contributed by atoms with Gasteiger partial charge in [-0.3, -0.25) is 10.2 Å². The topological polar surface area (TPSA) is 101 Å². The fourth-order valence-corrected chi connectivity index (χ4v) is 5.75. The number of aliphatic hydroxyl groups is 1. The van der Waals surface area contributed by atoms with E-state index in [0.717, 1.165) is 39.1 Å². The average Bonchev–Trinajstić information content (AvgIpc) is 3.53. The van der Waals surface area contributed by atoms with Gasteiger partial charge in [-0.1, -0.05) is 97.1 Å². The zero-order valence-electron chi connectivity index (χ0n) is 26.8. The van der Waals surface area contributed by atoms with Crippen molar-refractivity contribution in [1.29, 1.82) is 0 Å². The minimum atomic E-state index is -1.34. The van der Waals surface area contributed by atoms with Gasteiger partial charge in [-0.25, -0.2) is 10.4 Å². The van der Waals surface area contributed by atoms with Crippen LogP contribution in [0.5, 0.6) is 11.5 Å². The Balaban J connectivity index is 1.35. The molecule has 2 atom stereocenters. The van der Waals surface area contributed by atoms with E-state index >= 15 is 0 Å². The van der Waals surface area contributed by atoms with Gasteiger partial charge in [0.2, 0.25) is 5.90 Å². The number of nitrogens with one attached hydrogen (secondary N) is 2. The van der Waals surface area contributed by atoms with Gasteiger partial charge < -0.3 is 19.3 Å². The Morgan fingerprint density at radius 2 is 1.40 bits per heavy atom. The Bertz CT molecular complexity index is 1800. The predicted octanol–water partition coefficient (Wildman–Crippen LogP) is 6.44. The summed E-state index contributed by atoms with van der Waals surface area (Å²) < 4.78 is 17.7. The Hall–Kier alpha value is -5.44. The summed E-state index contributed by atoms with van der Waals surface area (Å²) in [4.78, 5) is 19.6. The molecule has 0 fully saturated rings. The van der Waals surface area contributed by atoms with Crippen molar-refractivity contribution < 1.29 is 24.1 Å². The van der Waals surface area contributed by atoms with E-state index < -0.39 is 11.6 Å². The van der Waals surface area contributed by atoms with Crippen molar-refractivity contribution in [3.8, 4) is 22.6 Å². The minimum Gasteiger partial charge on any atom is -0.497 e. The summed E-state index contributed by atoms with van der Waals surface area (Å²) in [6.45, 7) is 0.887. The normalized spacial score (nSPS) is 16.9. The third kappa shape index (κ3) is 7.57. The number of benzene rings is 5. The highest BCUT2D eigenvalue weighted by Crippen LogP contribution is 2.43. The van der Waals surface area contributed by atoms with Gasteiger partial charge in [-0.2, -0.15) is 0 Å². The van der Waals surface area contributed by atoms with Crippen LogP contribution in [0.25, 0.3) is 11.1 Å². The highest BCUT2D eigenvalue weighted by Gasteiger charge is 2.53. The molecule has 48 heavy (non-hydrogen) atoms. The molecule has 244 valence electrons. The first-order valence-electron chi connectivity index (χ1n) is 16.0. The number of methoxy groups -OCH3 is 1. The Morgan fingerprint density at radius 1 is 0.771 bits per heavy atom. The number of carbonyl (C=O) groups is 1. The molecule has 0 aromatic heterocycles. The first-order valence-corrected chi connectivity index (χ1v) is 16.0. The van der Waals surface area contributed by atoms with E-state index in [2.05, 4.69) is 35.1 Å². The van der Waals surface area contributed by atoms with Crippen molar-refractivity contribution in [3.05, 3.63) is 156 Å². The standard InChI is InChI=1S/C40H39N3O5/c1-46-35-21-13-30(14-22-35)28-41-43-39(45)40(27-29-9-4-2-5-10-29)37(33-17-15-32(16-18-33)31-11-6-3-7-12-31)48-38(42-40)34-19-23-36(24-20-34)47-26-8-25-44/h2-7,9-24,37,41,44H,8,25-28H2,1H3,(H,43,45)/t37-,40-/m0/s1. The van der Waals surface area contributed by atoms with E-state index in [4.69, 9.17) is 24.3 Å². The molecule has 0 saturated heterocycles. The van der Waals surface area contributed by atoms with Crippen molar-refractivity contribution in [3.63, 3.8) is 0 Å². The number of hydrogen-bond donors (Lipinski definition) is 3. The van der Waals surface area contributed by atoms with Crippen LogP contribution < -0.4 is 20.3 Å². The maximum Gasteiger partial charge on any atom is 0.266 e. The van der Waals surface area contributed by atoms with Crippen molar-refractivity contribution in [2.75, 3.05) is 20.3 Å². The summed E-state index contributed by atoms with van der Waals surface area (Å²) in [6, 6.07) is 43.3. The molecule has 0 radical (unpaired) electrons. The van der Waals surface area contributed by atoms with E-state index in [9.17, 15) is 4.79 Å². The van der Waals surface area contributed by atoms with E-state index in [-0.39, 0.29) is 12.5 Å². The number of amides is 1. The maximum absolute atomic E-state index is 14.5. The van der Waals surface area contributed by atoms with Crippen LogP contribution in [0.1, 0.15) is 34.8 Å². The summed E-state index contributed by atoms with van der Waals surface area (Å²) in [6.07, 6.45) is 0.132. The van der Waals surface area contributed by atoms with E-state index in [1.54, 1.807) is 7.11 Å². The second kappa shape index (κ2) is 15.4. The fraction of sp³-hybridized carbons (Fsp3) is 0.200. The number of carbonyl (C=O) groups excluding carboxylic acids is 1. The van der Waals surface area contributed by atoms with Crippen molar-refractivity contribution >= 4 is 11.8 Å². The van der Waals surface area contributed by atoms with Gasteiger partial charge in [-0.05, 0) is 64.2 Å². The van der Waals surface area contributed by atoms with E-state index in [1.165, 1.54) is 0 Å². The Labute approximate surface area is 281 Å². The molecule has 5 aromatic rings. The first-order chi connectivity index (χ1) is 23.6. The summed E-state index contributed by atoms with van der Waals surface area (Å²) in [5, 5.41) is 9.10. The summed E-state index contributed by atoms with van der Waals surface area (Å²) in [5.41, 5.74) is 10.4. The van der Waals surface area contributed by atoms with Gasteiger partial charge >= 0.3 is 0 Å². The molecule has 5 aromatic carbocycles. The largest absolute Gasteiger partial charge is 0.497 e. The monoisotopic (exact) mass is 641 g/mol.